The van der Waals surface area contributed by atoms with Gasteiger partial charge in [0, 0.05) is 19.3 Å². The van der Waals surface area contributed by atoms with Gasteiger partial charge in [0.2, 0.25) is 0 Å². The number of hydrogen-bond donors (Lipinski definition) is 0. The Labute approximate surface area is 148 Å². The second kappa shape index (κ2) is 6.00. The van der Waals surface area contributed by atoms with Gasteiger partial charge in [-0.3, -0.25) is 0 Å². The van der Waals surface area contributed by atoms with E-state index >= 15 is 0 Å². The average Bonchev–Trinajstić information content (AvgIpc) is 3.30. The Hall–Kier alpha value is -2.11. The molecule has 4 rings (SSSR count). The lowest BCUT2D eigenvalue weighted by molar-refractivity contribution is 0.0204. The molecular formula is C19H26N4O2. The van der Waals surface area contributed by atoms with Crippen molar-refractivity contribution in [3.05, 3.63) is 29.7 Å². The zero-order chi connectivity index (χ0) is 17.6. The summed E-state index contributed by atoms with van der Waals surface area (Å²) >= 11 is 0. The van der Waals surface area contributed by atoms with E-state index in [-0.39, 0.29) is 6.09 Å². The standard InChI is InChI=1S/C19H26N4O2/c1-19(2,3)25-18(24)22-8-6-14(7-9-22)16-11-23-17(20-12-21-23)10-15(16)13-4-5-13/h10-14H,4-9H2,1-3H3. The van der Waals surface area contributed by atoms with Gasteiger partial charge in [0.25, 0.3) is 0 Å². The van der Waals surface area contributed by atoms with Crippen molar-refractivity contribution in [2.45, 2.75) is 63.9 Å². The number of piperidine rings is 1. The summed E-state index contributed by atoms with van der Waals surface area (Å²) in [7, 11) is 0. The highest BCUT2D eigenvalue weighted by atomic mass is 16.6. The Morgan fingerprint density at radius 1 is 1.12 bits per heavy atom. The van der Waals surface area contributed by atoms with Crippen LogP contribution in [0, 0.1) is 0 Å². The van der Waals surface area contributed by atoms with Crippen molar-refractivity contribution in [1.29, 1.82) is 0 Å². The van der Waals surface area contributed by atoms with Crippen LogP contribution in [0.3, 0.4) is 0 Å². The van der Waals surface area contributed by atoms with Crippen LogP contribution in [0.4, 0.5) is 4.79 Å². The van der Waals surface area contributed by atoms with Crippen LogP contribution in [0.25, 0.3) is 5.65 Å². The molecule has 2 fully saturated rings. The molecule has 2 aromatic heterocycles. The number of carbonyl (C=O) groups is 1. The number of rotatable bonds is 2. The third kappa shape index (κ3) is 3.48. The molecule has 1 amide bonds. The fourth-order valence-electron chi connectivity index (χ4n) is 3.68. The van der Waals surface area contributed by atoms with Crippen LogP contribution in [0.2, 0.25) is 0 Å². The number of pyridine rings is 1. The first-order valence-corrected chi connectivity index (χ1v) is 9.22. The Balaban J connectivity index is 1.50. The van der Waals surface area contributed by atoms with E-state index in [1.807, 2.05) is 30.2 Å². The number of likely N-dealkylation sites (tertiary alicyclic amines) is 1. The first-order chi connectivity index (χ1) is 11.9. The topological polar surface area (TPSA) is 59.7 Å². The van der Waals surface area contributed by atoms with Crippen molar-refractivity contribution >= 4 is 11.7 Å². The van der Waals surface area contributed by atoms with Gasteiger partial charge in [0.15, 0.2) is 5.65 Å². The monoisotopic (exact) mass is 342 g/mol. The fraction of sp³-hybridized carbons (Fsp3) is 0.632. The Kier molecular flexibility index (Phi) is 3.93. The quantitative estimate of drug-likeness (QED) is 0.834. The Morgan fingerprint density at radius 2 is 1.80 bits per heavy atom. The van der Waals surface area contributed by atoms with Gasteiger partial charge in [-0.05, 0) is 75.5 Å². The number of amides is 1. The molecule has 3 heterocycles. The molecule has 2 aromatic rings. The van der Waals surface area contributed by atoms with Crippen LogP contribution in [-0.4, -0.2) is 44.3 Å². The van der Waals surface area contributed by atoms with Gasteiger partial charge in [-0.2, -0.15) is 5.10 Å². The molecule has 6 heteroatoms. The van der Waals surface area contributed by atoms with E-state index < -0.39 is 5.60 Å². The van der Waals surface area contributed by atoms with E-state index in [2.05, 4.69) is 22.3 Å². The summed E-state index contributed by atoms with van der Waals surface area (Å²) in [6.07, 6.45) is 8.06. The normalized spacial score (nSPS) is 19.4. The predicted molar refractivity (Wildman–Crippen MR) is 94.7 cm³/mol. The number of fused-ring (bicyclic) bond motifs is 1. The highest BCUT2D eigenvalue weighted by Crippen LogP contribution is 2.45. The molecule has 2 aliphatic rings. The second-order valence-electron chi connectivity index (χ2n) is 8.26. The third-order valence-electron chi connectivity index (χ3n) is 5.08. The van der Waals surface area contributed by atoms with Crippen LogP contribution >= 0.6 is 0 Å². The minimum atomic E-state index is -0.439. The molecule has 0 aromatic carbocycles. The zero-order valence-corrected chi connectivity index (χ0v) is 15.2. The summed E-state index contributed by atoms with van der Waals surface area (Å²) in [4.78, 5) is 18.4. The van der Waals surface area contributed by atoms with Gasteiger partial charge in [-0.1, -0.05) is 0 Å². The Morgan fingerprint density at radius 3 is 2.44 bits per heavy atom. The van der Waals surface area contributed by atoms with Crippen molar-refractivity contribution in [1.82, 2.24) is 19.5 Å². The largest absolute Gasteiger partial charge is 0.444 e. The lowest BCUT2D eigenvalue weighted by Crippen LogP contribution is -2.41. The number of carbonyl (C=O) groups excluding carboxylic acids is 1. The summed E-state index contributed by atoms with van der Waals surface area (Å²) in [6.45, 7) is 7.23. The molecule has 1 aliphatic carbocycles. The fourth-order valence-corrected chi connectivity index (χ4v) is 3.68. The van der Waals surface area contributed by atoms with Crippen LogP contribution < -0.4 is 0 Å². The maximum atomic E-state index is 12.3. The third-order valence-corrected chi connectivity index (χ3v) is 5.08. The number of aromatic nitrogens is 3. The molecular weight excluding hydrogens is 316 g/mol. The van der Waals surface area contributed by atoms with Crippen LogP contribution in [0.1, 0.15) is 69.4 Å². The molecule has 1 saturated carbocycles. The van der Waals surface area contributed by atoms with E-state index in [0.29, 0.717) is 11.8 Å². The molecule has 6 nitrogen and oxygen atoms in total. The molecule has 25 heavy (non-hydrogen) atoms. The van der Waals surface area contributed by atoms with Gasteiger partial charge in [-0.15, -0.1) is 0 Å². The minimum absolute atomic E-state index is 0.194. The summed E-state index contributed by atoms with van der Waals surface area (Å²) in [6, 6.07) is 2.21. The van der Waals surface area contributed by atoms with Crippen molar-refractivity contribution in [2.24, 2.45) is 0 Å². The zero-order valence-electron chi connectivity index (χ0n) is 15.2. The van der Waals surface area contributed by atoms with Gasteiger partial charge >= 0.3 is 6.09 Å². The first kappa shape index (κ1) is 16.4. The number of hydrogen-bond acceptors (Lipinski definition) is 4. The summed E-state index contributed by atoms with van der Waals surface area (Å²) < 4.78 is 7.38. The van der Waals surface area contributed by atoms with Crippen molar-refractivity contribution < 1.29 is 9.53 Å². The SMILES string of the molecule is CC(C)(C)OC(=O)N1CCC(c2cn3ncnc3cc2C2CC2)CC1. The van der Waals surface area contributed by atoms with E-state index in [0.717, 1.165) is 31.6 Å². The predicted octanol–water partition coefficient (Wildman–Crippen LogP) is 3.72. The number of ether oxygens (including phenoxy) is 1. The summed E-state index contributed by atoms with van der Waals surface area (Å²) in [5.41, 5.74) is 3.32. The van der Waals surface area contributed by atoms with Gasteiger partial charge < -0.3 is 9.64 Å². The molecule has 1 saturated heterocycles. The van der Waals surface area contributed by atoms with Gasteiger partial charge in [0.05, 0.1) is 0 Å². The van der Waals surface area contributed by atoms with Crippen molar-refractivity contribution in [3.8, 4) is 0 Å². The maximum Gasteiger partial charge on any atom is 0.410 e. The van der Waals surface area contributed by atoms with E-state index in [4.69, 9.17) is 4.74 Å². The highest BCUT2D eigenvalue weighted by molar-refractivity contribution is 5.68. The molecule has 0 unspecified atom stereocenters. The lowest BCUT2D eigenvalue weighted by Gasteiger charge is -2.34. The minimum Gasteiger partial charge on any atom is -0.444 e. The molecule has 1 aliphatic heterocycles. The molecule has 0 radical (unpaired) electrons. The van der Waals surface area contributed by atoms with E-state index in [1.54, 1.807) is 6.33 Å². The molecule has 134 valence electrons. The van der Waals surface area contributed by atoms with Crippen LogP contribution in [0.15, 0.2) is 18.6 Å². The molecule has 0 bridgehead atoms. The lowest BCUT2D eigenvalue weighted by atomic mass is 9.86. The molecule has 0 atom stereocenters. The maximum absolute atomic E-state index is 12.3. The highest BCUT2D eigenvalue weighted by Gasteiger charge is 2.32. The number of nitrogens with zero attached hydrogens (tertiary/aromatic N) is 4. The molecule has 0 N–H and O–H groups in total. The van der Waals surface area contributed by atoms with E-state index in [1.165, 1.54) is 24.0 Å². The summed E-state index contributed by atoms with van der Waals surface area (Å²) in [5, 5.41) is 4.30. The molecule has 0 spiro atoms. The van der Waals surface area contributed by atoms with Gasteiger partial charge in [0.1, 0.15) is 11.9 Å². The Bertz CT molecular complexity index is 780. The van der Waals surface area contributed by atoms with Crippen LogP contribution in [0.5, 0.6) is 0 Å². The smallest absolute Gasteiger partial charge is 0.410 e. The summed E-state index contributed by atoms with van der Waals surface area (Å²) in [5.74, 6) is 1.16. The average molecular weight is 342 g/mol. The van der Waals surface area contributed by atoms with E-state index in [9.17, 15) is 4.79 Å². The van der Waals surface area contributed by atoms with Crippen molar-refractivity contribution in [2.75, 3.05) is 13.1 Å². The second-order valence-corrected chi connectivity index (χ2v) is 8.26. The van der Waals surface area contributed by atoms with Gasteiger partial charge in [-0.25, -0.2) is 14.3 Å². The first-order valence-electron chi connectivity index (χ1n) is 9.22. The van der Waals surface area contributed by atoms with Crippen LogP contribution in [-0.2, 0) is 4.74 Å². The van der Waals surface area contributed by atoms with Crippen molar-refractivity contribution in [3.63, 3.8) is 0 Å².